The molecular weight excluding hydrogens is 300 g/mol. The van der Waals surface area contributed by atoms with Crippen LogP contribution in [-0.4, -0.2) is 28.5 Å². The highest BCUT2D eigenvalue weighted by Gasteiger charge is 2.23. The number of furan rings is 1. The molecule has 2 heterocycles. The van der Waals surface area contributed by atoms with Gasteiger partial charge in [0.05, 0.1) is 11.0 Å². The number of amides is 1. The van der Waals surface area contributed by atoms with Crippen molar-refractivity contribution in [1.82, 2.24) is 9.47 Å². The fraction of sp³-hybridized carbons (Fsp3) is 0.450. The van der Waals surface area contributed by atoms with E-state index in [0.29, 0.717) is 11.8 Å². The average Bonchev–Trinajstić information content (AvgIpc) is 3.10. The summed E-state index contributed by atoms with van der Waals surface area (Å²) < 4.78 is 8.28. The van der Waals surface area contributed by atoms with Crippen molar-refractivity contribution < 1.29 is 9.21 Å². The van der Waals surface area contributed by atoms with Crippen LogP contribution in [0.1, 0.15) is 57.1 Å². The summed E-state index contributed by atoms with van der Waals surface area (Å²) >= 11 is 0. The van der Waals surface area contributed by atoms with Crippen molar-refractivity contribution in [2.24, 2.45) is 0 Å². The molecule has 3 rings (SSSR count). The largest absolute Gasteiger partial charge is 0.449 e. The van der Waals surface area contributed by atoms with E-state index >= 15 is 0 Å². The Hall–Kier alpha value is -2.23. The van der Waals surface area contributed by atoms with Crippen molar-refractivity contribution in [1.29, 1.82) is 0 Å². The number of fused-ring (bicyclic) bond motifs is 3. The van der Waals surface area contributed by atoms with Gasteiger partial charge >= 0.3 is 0 Å². The van der Waals surface area contributed by atoms with Crippen LogP contribution in [0.15, 0.2) is 34.7 Å². The highest BCUT2D eigenvalue weighted by atomic mass is 16.3. The molecule has 1 amide bonds. The third kappa shape index (κ3) is 2.70. The molecule has 2 aromatic heterocycles. The lowest BCUT2D eigenvalue weighted by atomic mass is 10.2. The van der Waals surface area contributed by atoms with Crippen LogP contribution in [0.4, 0.5) is 0 Å². The summed E-state index contributed by atoms with van der Waals surface area (Å²) in [5, 5.41) is 1.07. The Balaban J connectivity index is 2.11. The van der Waals surface area contributed by atoms with Crippen LogP contribution in [0, 0.1) is 0 Å². The highest BCUT2D eigenvalue weighted by Crippen LogP contribution is 2.34. The number of rotatable bonds is 6. The van der Waals surface area contributed by atoms with Crippen molar-refractivity contribution in [2.45, 2.75) is 46.6 Å². The van der Waals surface area contributed by atoms with E-state index in [0.717, 1.165) is 47.9 Å². The molecule has 1 aromatic carbocycles. The fourth-order valence-corrected chi connectivity index (χ4v) is 3.43. The standard InChI is InChI=1S/C20H26N2O2/c1-5-11-21(12-6-2)20(23)18-13-17-19(24-18)15-9-7-8-10-16(15)22(17)14(3)4/h7-10,13-14H,5-6,11-12H2,1-4H3. The van der Waals surface area contributed by atoms with Crippen LogP contribution in [0.3, 0.4) is 0 Å². The van der Waals surface area contributed by atoms with Crippen molar-refractivity contribution >= 4 is 27.9 Å². The number of hydrogen-bond acceptors (Lipinski definition) is 2. The summed E-state index contributed by atoms with van der Waals surface area (Å²) in [4.78, 5) is 14.7. The quantitative estimate of drug-likeness (QED) is 0.622. The van der Waals surface area contributed by atoms with Gasteiger partial charge in [-0.15, -0.1) is 0 Å². The first-order valence-corrected chi connectivity index (χ1v) is 8.90. The molecule has 0 fully saturated rings. The monoisotopic (exact) mass is 326 g/mol. The van der Waals surface area contributed by atoms with Gasteiger partial charge in [-0.1, -0.05) is 26.0 Å². The number of aromatic nitrogens is 1. The molecule has 0 bridgehead atoms. The topological polar surface area (TPSA) is 38.4 Å². The van der Waals surface area contributed by atoms with Gasteiger partial charge in [-0.3, -0.25) is 4.79 Å². The molecule has 0 unspecified atom stereocenters. The number of para-hydroxylation sites is 1. The maximum atomic E-state index is 12.8. The molecular formula is C20H26N2O2. The van der Waals surface area contributed by atoms with Gasteiger partial charge in [-0.05, 0) is 38.8 Å². The SMILES string of the molecule is CCCN(CCC)C(=O)c1cc2c(o1)c1ccccc1n2C(C)C. The smallest absolute Gasteiger partial charge is 0.289 e. The second-order valence-corrected chi connectivity index (χ2v) is 6.60. The lowest BCUT2D eigenvalue weighted by Gasteiger charge is -2.19. The predicted octanol–water partition coefficient (Wildman–Crippen LogP) is 5.23. The molecule has 128 valence electrons. The van der Waals surface area contributed by atoms with E-state index in [2.05, 4.69) is 44.4 Å². The molecule has 0 N–H and O–H groups in total. The Bertz CT molecular complexity index is 851. The first kappa shape index (κ1) is 16.6. The van der Waals surface area contributed by atoms with Crippen LogP contribution < -0.4 is 0 Å². The van der Waals surface area contributed by atoms with Crippen LogP contribution in [0.5, 0.6) is 0 Å². The van der Waals surface area contributed by atoms with Crippen LogP contribution >= 0.6 is 0 Å². The number of hydrogen-bond donors (Lipinski definition) is 0. The van der Waals surface area contributed by atoms with Crippen molar-refractivity contribution in [3.05, 3.63) is 36.1 Å². The Labute approximate surface area is 143 Å². The van der Waals surface area contributed by atoms with E-state index in [9.17, 15) is 4.79 Å². The Morgan fingerprint density at radius 3 is 2.42 bits per heavy atom. The van der Waals surface area contributed by atoms with Gasteiger partial charge in [0, 0.05) is 30.6 Å². The molecule has 24 heavy (non-hydrogen) atoms. The zero-order chi connectivity index (χ0) is 17.3. The molecule has 0 saturated carbocycles. The molecule has 4 heteroatoms. The molecule has 0 saturated heterocycles. The van der Waals surface area contributed by atoms with E-state index in [1.54, 1.807) is 0 Å². The zero-order valence-corrected chi connectivity index (χ0v) is 15.0. The first-order valence-electron chi connectivity index (χ1n) is 8.90. The van der Waals surface area contributed by atoms with E-state index in [1.807, 2.05) is 23.1 Å². The molecule has 4 nitrogen and oxygen atoms in total. The minimum Gasteiger partial charge on any atom is -0.449 e. The number of benzene rings is 1. The third-order valence-corrected chi connectivity index (χ3v) is 4.38. The van der Waals surface area contributed by atoms with Gasteiger partial charge in [0.15, 0.2) is 11.3 Å². The summed E-state index contributed by atoms with van der Waals surface area (Å²) in [6, 6.07) is 10.4. The van der Waals surface area contributed by atoms with Crippen molar-refractivity contribution in [3.63, 3.8) is 0 Å². The number of carbonyl (C=O) groups is 1. The summed E-state index contributed by atoms with van der Waals surface area (Å²) in [5.41, 5.74) is 2.97. The van der Waals surface area contributed by atoms with Crippen molar-refractivity contribution in [2.75, 3.05) is 13.1 Å². The van der Waals surface area contributed by atoms with Crippen LogP contribution in [0.25, 0.3) is 22.0 Å². The lowest BCUT2D eigenvalue weighted by Crippen LogP contribution is -2.32. The number of carbonyl (C=O) groups excluding carboxylic acids is 1. The normalized spacial score (nSPS) is 11.7. The summed E-state index contributed by atoms with van der Waals surface area (Å²) in [7, 11) is 0. The second-order valence-electron chi connectivity index (χ2n) is 6.60. The van der Waals surface area contributed by atoms with Gasteiger partial charge in [0.2, 0.25) is 0 Å². The van der Waals surface area contributed by atoms with E-state index < -0.39 is 0 Å². The third-order valence-electron chi connectivity index (χ3n) is 4.38. The Morgan fingerprint density at radius 2 is 1.79 bits per heavy atom. The van der Waals surface area contributed by atoms with E-state index in [-0.39, 0.29) is 5.91 Å². The van der Waals surface area contributed by atoms with E-state index in [4.69, 9.17) is 4.42 Å². The maximum Gasteiger partial charge on any atom is 0.289 e. The molecule has 0 radical (unpaired) electrons. The van der Waals surface area contributed by atoms with Gasteiger partial charge in [-0.25, -0.2) is 0 Å². The second kappa shape index (κ2) is 6.71. The molecule has 0 aliphatic heterocycles. The Kier molecular flexibility index (Phi) is 4.65. The van der Waals surface area contributed by atoms with Gasteiger partial charge in [0.1, 0.15) is 0 Å². The van der Waals surface area contributed by atoms with Gasteiger partial charge < -0.3 is 13.9 Å². The summed E-state index contributed by atoms with van der Waals surface area (Å²) in [6.07, 6.45) is 1.90. The summed E-state index contributed by atoms with van der Waals surface area (Å²) in [6.45, 7) is 10.0. The van der Waals surface area contributed by atoms with Crippen LogP contribution in [-0.2, 0) is 0 Å². The Morgan fingerprint density at radius 1 is 1.12 bits per heavy atom. The minimum atomic E-state index is -0.00529. The average molecular weight is 326 g/mol. The molecule has 0 aliphatic rings. The van der Waals surface area contributed by atoms with E-state index in [1.165, 1.54) is 0 Å². The molecule has 0 aliphatic carbocycles. The van der Waals surface area contributed by atoms with Gasteiger partial charge in [0.25, 0.3) is 5.91 Å². The summed E-state index contributed by atoms with van der Waals surface area (Å²) in [5.74, 6) is 0.441. The lowest BCUT2D eigenvalue weighted by molar-refractivity contribution is 0.0726. The minimum absolute atomic E-state index is 0.00529. The van der Waals surface area contributed by atoms with Crippen molar-refractivity contribution in [3.8, 4) is 0 Å². The number of nitrogens with zero attached hydrogens (tertiary/aromatic N) is 2. The fourth-order valence-electron chi connectivity index (χ4n) is 3.43. The van der Waals surface area contributed by atoms with Crippen LogP contribution in [0.2, 0.25) is 0 Å². The molecule has 3 aromatic rings. The molecule has 0 spiro atoms. The first-order chi connectivity index (χ1) is 11.6. The maximum absolute atomic E-state index is 12.8. The zero-order valence-electron chi connectivity index (χ0n) is 15.0. The predicted molar refractivity (Wildman–Crippen MR) is 98.6 cm³/mol. The molecule has 0 atom stereocenters. The van der Waals surface area contributed by atoms with Gasteiger partial charge in [-0.2, -0.15) is 0 Å². The highest BCUT2D eigenvalue weighted by molar-refractivity contribution is 6.07.